The number of hydrogen-bond acceptors (Lipinski definition) is 5. The van der Waals surface area contributed by atoms with Gasteiger partial charge in [-0.25, -0.2) is 4.98 Å². The molecule has 4 nitrogen and oxygen atoms in total. The van der Waals surface area contributed by atoms with E-state index in [0.717, 1.165) is 16.5 Å². The van der Waals surface area contributed by atoms with Gasteiger partial charge < -0.3 is 4.57 Å². The van der Waals surface area contributed by atoms with Crippen LogP contribution in [0.3, 0.4) is 0 Å². The molecule has 2 aromatic heterocycles. The molecule has 18 heavy (non-hydrogen) atoms. The van der Waals surface area contributed by atoms with Crippen molar-refractivity contribution in [3.05, 3.63) is 44.6 Å². The monoisotopic (exact) mass is 277 g/mol. The first kappa shape index (κ1) is 12.9. The third-order valence-electron chi connectivity index (χ3n) is 2.41. The molecule has 2 rings (SSSR count). The second-order valence-electron chi connectivity index (χ2n) is 3.64. The van der Waals surface area contributed by atoms with Gasteiger partial charge in [-0.2, -0.15) is 5.26 Å². The Labute approximate surface area is 113 Å². The molecule has 0 saturated heterocycles. The van der Waals surface area contributed by atoms with Gasteiger partial charge in [0.2, 0.25) is 0 Å². The average Bonchev–Trinajstić information content (AvgIpc) is 2.70. The molecule has 0 unspecified atom stereocenters. The van der Waals surface area contributed by atoms with Crippen LogP contribution in [0, 0.1) is 18.3 Å². The van der Waals surface area contributed by atoms with E-state index in [1.807, 2.05) is 12.3 Å². The van der Waals surface area contributed by atoms with Gasteiger partial charge in [0, 0.05) is 29.6 Å². The number of nitriles is 1. The number of nitrogens with zero attached hydrogens (tertiary/aromatic N) is 3. The zero-order valence-corrected chi connectivity index (χ0v) is 11.4. The summed E-state index contributed by atoms with van der Waals surface area (Å²) in [5.41, 5.74) is 1.60. The molecule has 0 aliphatic rings. The van der Waals surface area contributed by atoms with Crippen LogP contribution in [0.5, 0.6) is 0 Å². The van der Waals surface area contributed by atoms with Crippen molar-refractivity contribution >= 4 is 23.1 Å². The lowest BCUT2D eigenvalue weighted by molar-refractivity contribution is 0.730. The van der Waals surface area contributed by atoms with Crippen LogP contribution in [0.25, 0.3) is 0 Å². The first-order valence-electron chi connectivity index (χ1n) is 5.34. The van der Waals surface area contributed by atoms with Crippen molar-refractivity contribution in [2.24, 2.45) is 0 Å². The highest BCUT2D eigenvalue weighted by Crippen LogP contribution is 2.16. The van der Waals surface area contributed by atoms with Crippen molar-refractivity contribution in [1.29, 1.82) is 5.26 Å². The fourth-order valence-electron chi connectivity index (χ4n) is 1.47. The van der Waals surface area contributed by atoms with E-state index in [4.69, 9.17) is 5.26 Å². The molecule has 0 radical (unpaired) electrons. The summed E-state index contributed by atoms with van der Waals surface area (Å²) in [7, 11) is 0. The number of rotatable bonds is 4. The van der Waals surface area contributed by atoms with Gasteiger partial charge in [-0.05, 0) is 19.1 Å². The van der Waals surface area contributed by atoms with E-state index in [1.54, 1.807) is 34.7 Å². The lowest BCUT2D eigenvalue weighted by atomic mass is 10.3. The normalized spacial score (nSPS) is 10.2. The minimum Gasteiger partial charge on any atom is -0.303 e. The highest BCUT2D eigenvalue weighted by atomic mass is 32.2. The standard InChI is InChI=1S/C12H11N3OS2/c1-9-8-18-12(16)15(9)4-5-17-11-6-10(7-13)2-3-14-11/h2-3,6,8H,4-5H2,1H3. The number of pyridine rings is 1. The van der Waals surface area contributed by atoms with Gasteiger partial charge in [-0.15, -0.1) is 11.8 Å². The smallest absolute Gasteiger partial charge is 0.303 e. The van der Waals surface area contributed by atoms with Gasteiger partial charge in [-0.3, -0.25) is 4.79 Å². The Hall–Kier alpha value is -1.58. The summed E-state index contributed by atoms with van der Waals surface area (Å²) in [5.74, 6) is 0.763. The third kappa shape index (κ3) is 3.00. The molecule has 2 heterocycles. The molecule has 0 amide bonds. The van der Waals surface area contributed by atoms with Crippen molar-refractivity contribution in [3.8, 4) is 6.07 Å². The van der Waals surface area contributed by atoms with E-state index >= 15 is 0 Å². The number of thioether (sulfide) groups is 1. The molecule has 0 aromatic carbocycles. The van der Waals surface area contributed by atoms with Crippen LogP contribution < -0.4 is 4.87 Å². The largest absolute Gasteiger partial charge is 0.307 e. The quantitative estimate of drug-likeness (QED) is 0.804. The first-order valence-corrected chi connectivity index (χ1v) is 7.21. The highest BCUT2D eigenvalue weighted by molar-refractivity contribution is 7.99. The minimum absolute atomic E-state index is 0.0758. The lowest BCUT2D eigenvalue weighted by Crippen LogP contribution is -2.15. The minimum atomic E-state index is 0.0758. The Balaban J connectivity index is 1.97. The number of thiazole rings is 1. The first-order chi connectivity index (χ1) is 8.70. The van der Waals surface area contributed by atoms with Gasteiger partial charge >= 0.3 is 4.87 Å². The van der Waals surface area contributed by atoms with Crippen LogP contribution in [0.15, 0.2) is 33.5 Å². The average molecular weight is 277 g/mol. The summed E-state index contributed by atoms with van der Waals surface area (Å²) in [4.78, 5) is 15.8. The molecule has 0 spiro atoms. The SMILES string of the molecule is Cc1csc(=O)n1CCSc1cc(C#N)ccn1. The molecular formula is C12H11N3OS2. The molecular weight excluding hydrogens is 266 g/mol. The van der Waals surface area contributed by atoms with Crippen LogP contribution in [0.4, 0.5) is 0 Å². The highest BCUT2D eigenvalue weighted by Gasteiger charge is 2.03. The fourth-order valence-corrected chi connectivity index (χ4v) is 3.06. The summed E-state index contributed by atoms with van der Waals surface area (Å²) >= 11 is 2.77. The predicted octanol–water partition coefficient (Wildman–Crippen LogP) is 2.28. The number of aryl methyl sites for hydroxylation is 1. The van der Waals surface area contributed by atoms with Gasteiger partial charge in [0.05, 0.1) is 16.7 Å². The zero-order valence-electron chi connectivity index (χ0n) is 9.79. The summed E-state index contributed by atoms with van der Waals surface area (Å²) in [6.45, 7) is 2.59. The van der Waals surface area contributed by atoms with E-state index in [-0.39, 0.29) is 4.87 Å². The van der Waals surface area contributed by atoms with Gasteiger partial charge in [0.1, 0.15) is 0 Å². The van der Waals surface area contributed by atoms with Crippen molar-refractivity contribution in [3.63, 3.8) is 0 Å². The Morgan fingerprint density at radius 3 is 3.11 bits per heavy atom. The van der Waals surface area contributed by atoms with Crippen LogP contribution in [-0.4, -0.2) is 15.3 Å². The van der Waals surface area contributed by atoms with Crippen LogP contribution >= 0.6 is 23.1 Å². The predicted molar refractivity (Wildman–Crippen MR) is 73.0 cm³/mol. The molecule has 0 fully saturated rings. The van der Waals surface area contributed by atoms with Crippen molar-refractivity contribution in [2.45, 2.75) is 18.5 Å². The second-order valence-corrected chi connectivity index (χ2v) is 5.57. The topological polar surface area (TPSA) is 58.7 Å². The molecule has 6 heteroatoms. The molecule has 0 aliphatic heterocycles. The molecule has 0 saturated carbocycles. The summed E-state index contributed by atoms with van der Waals surface area (Å²) in [5, 5.41) is 11.5. The lowest BCUT2D eigenvalue weighted by Gasteiger charge is -2.04. The van der Waals surface area contributed by atoms with E-state index in [2.05, 4.69) is 11.1 Å². The van der Waals surface area contributed by atoms with Gasteiger partial charge in [-0.1, -0.05) is 11.3 Å². The van der Waals surface area contributed by atoms with Crippen molar-refractivity contribution < 1.29 is 0 Å². The maximum Gasteiger partial charge on any atom is 0.307 e. The molecule has 92 valence electrons. The van der Waals surface area contributed by atoms with Crippen LogP contribution in [-0.2, 0) is 6.54 Å². The van der Waals surface area contributed by atoms with Crippen molar-refractivity contribution in [1.82, 2.24) is 9.55 Å². The Bertz CT molecular complexity index is 639. The molecule has 0 aliphatic carbocycles. The molecule has 0 bridgehead atoms. The van der Waals surface area contributed by atoms with E-state index < -0.39 is 0 Å². The fraction of sp³-hybridized carbons (Fsp3) is 0.250. The zero-order chi connectivity index (χ0) is 13.0. The Kier molecular flexibility index (Phi) is 4.18. The van der Waals surface area contributed by atoms with E-state index in [9.17, 15) is 4.79 Å². The van der Waals surface area contributed by atoms with Crippen molar-refractivity contribution in [2.75, 3.05) is 5.75 Å². The summed E-state index contributed by atoms with van der Waals surface area (Å²) < 4.78 is 1.76. The molecule has 0 atom stereocenters. The van der Waals surface area contributed by atoms with Gasteiger partial charge in [0.15, 0.2) is 0 Å². The van der Waals surface area contributed by atoms with E-state index in [1.165, 1.54) is 11.3 Å². The van der Waals surface area contributed by atoms with Gasteiger partial charge in [0.25, 0.3) is 0 Å². The van der Waals surface area contributed by atoms with Crippen LogP contribution in [0.2, 0.25) is 0 Å². The Morgan fingerprint density at radius 1 is 1.61 bits per heavy atom. The van der Waals surface area contributed by atoms with E-state index in [0.29, 0.717) is 12.1 Å². The molecule has 0 N–H and O–H groups in total. The maximum atomic E-state index is 11.5. The number of hydrogen-bond donors (Lipinski definition) is 0. The maximum absolute atomic E-state index is 11.5. The summed E-state index contributed by atoms with van der Waals surface area (Å²) in [6, 6.07) is 5.52. The molecule has 2 aromatic rings. The number of aromatic nitrogens is 2. The third-order valence-corrected chi connectivity index (χ3v) is 4.19. The second kappa shape index (κ2) is 5.85. The Morgan fingerprint density at radius 2 is 2.44 bits per heavy atom. The van der Waals surface area contributed by atoms with Crippen LogP contribution in [0.1, 0.15) is 11.3 Å². The summed E-state index contributed by atoms with van der Waals surface area (Å²) in [6.07, 6.45) is 1.63.